The van der Waals surface area contributed by atoms with E-state index in [0.717, 1.165) is 20.9 Å². The molecule has 5 aromatic rings. The number of benzene rings is 3. The van der Waals surface area contributed by atoms with Crippen LogP contribution >= 0.6 is 0 Å². The highest BCUT2D eigenvalue weighted by Crippen LogP contribution is 2.19. The lowest BCUT2D eigenvalue weighted by Gasteiger charge is -2.14. The highest BCUT2D eigenvalue weighted by atomic mass is 16.2. The second kappa shape index (κ2) is 9.65. The molecule has 5 rings (SSSR count). The zero-order valence-electron chi connectivity index (χ0n) is 20.2. The number of anilines is 1. The lowest BCUT2D eigenvalue weighted by Crippen LogP contribution is -2.43. The van der Waals surface area contributed by atoms with Crippen LogP contribution in [0.5, 0.6) is 0 Å². The van der Waals surface area contributed by atoms with Crippen molar-refractivity contribution in [3.05, 3.63) is 106 Å². The molecule has 0 aliphatic heterocycles. The number of hydrogen-bond acceptors (Lipinski definition) is 4. The molecule has 0 atom stereocenters. The SMILES string of the molecule is CC(C)Cn1cnc2c1c(=O)n(CC(=O)Nc1ccc3ccccc3c1)c(=O)n2Cc1ccccc1. The summed E-state index contributed by atoms with van der Waals surface area (Å²) in [5.41, 5.74) is 1.04. The van der Waals surface area contributed by atoms with Crippen molar-refractivity contribution in [3.63, 3.8) is 0 Å². The first-order valence-corrected chi connectivity index (χ1v) is 11.9. The van der Waals surface area contributed by atoms with Crippen molar-refractivity contribution in [1.29, 1.82) is 0 Å². The van der Waals surface area contributed by atoms with Gasteiger partial charge in [-0.3, -0.25) is 14.2 Å². The summed E-state index contributed by atoms with van der Waals surface area (Å²) in [7, 11) is 0. The van der Waals surface area contributed by atoms with E-state index in [2.05, 4.69) is 10.3 Å². The van der Waals surface area contributed by atoms with Crippen molar-refractivity contribution >= 4 is 33.5 Å². The van der Waals surface area contributed by atoms with Crippen LogP contribution in [0.15, 0.2) is 88.7 Å². The molecule has 0 saturated heterocycles. The molecule has 0 aliphatic rings. The van der Waals surface area contributed by atoms with E-state index in [9.17, 15) is 14.4 Å². The Hall–Kier alpha value is -4.46. The second-order valence-electron chi connectivity index (χ2n) is 9.32. The number of nitrogens with zero attached hydrogens (tertiary/aromatic N) is 4. The molecule has 0 spiro atoms. The van der Waals surface area contributed by atoms with E-state index in [-0.39, 0.29) is 12.5 Å². The molecule has 0 unspecified atom stereocenters. The van der Waals surface area contributed by atoms with Gasteiger partial charge < -0.3 is 9.88 Å². The number of amides is 1. The summed E-state index contributed by atoms with van der Waals surface area (Å²) in [6.45, 7) is 4.49. The minimum absolute atomic E-state index is 0.238. The normalized spacial score (nSPS) is 11.4. The van der Waals surface area contributed by atoms with Gasteiger partial charge in [-0.05, 0) is 34.4 Å². The van der Waals surface area contributed by atoms with Gasteiger partial charge in [0.25, 0.3) is 5.56 Å². The standard InChI is InChI=1S/C28H27N5O3/c1-19(2)15-31-18-29-26-25(31)27(35)33(28(36)32(26)16-20-8-4-3-5-9-20)17-24(34)30-23-13-12-21-10-6-7-11-22(21)14-23/h3-14,18-19H,15-17H2,1-2H3,(H,30,34). The molecule has 3 aromatic carbocycles. The summed E-state index contributed by atoms with van der Waals surface area (Å²) in [4.78, 5) is 44.4. The lowest BCUT2D eigenvalue weighted by molar-refractivity contribution is -0.116. The largest absolute Gasteiger partial charge is 0.333 e. The zero-order valence-corrected chi connectivity index (χ0v) is 20.2. The summed E-state index contributed by atoms with van der Waals surface area (Å²) < 4.78 is 4.23. The Bertz CT molecular complexity index is 1680. The maximum absolute atomic E-state index is 13.5. The maximum atomic E-state index is 13.5. The van der Waals surface area contributed by atoms with Crippen LogP contribution < -0.4 is 16.6 Å². The van der Waals surface area contributed by atoms with E-state index in [4.69, 9.17) is 0 Å². The number of imidazole rings is 1. The monoisotopic (exact) mass is 481 g/mol. The van der Waals surface area contributed by atoms with E-state index < -0.39 is 23.7 Å². The molecule has 1 amide bonds. The van der Waals surface area contributed by atoms with E-state index in [1.54, 1.807) is 17.0 Å². The Balaban J connectivity index is 1.54. The second-order valence-corrected chi connectivity index (χ2v) is 9.32. The number of hydrogen-bond donors (Lipinski definition) is 1. The van der Waals surface area contributed by atoms with Crippen LogP contribution in [0.3, 0.4) is 0 Å². The van der Waals surface area contributed by atoms with Crippen molar-refractivity contribution in [2.75, 3.05) is 5.32 Å². The van der Waals surface area contributed by atoms with Gasteiger partial charge in [-0.2, -0.15) is 0 Å². The first-order chi connectivity index (χ1) is 17.4. The molecule has 0 radical (unpaired) electrons. The molecular weight excluding hydrogens is 454 g/mol. The van der Waals surface area contributed by atoms with Gasteiger partial charge in [0.15, 0.2) is 11.2 Å². The van der Waals surface area contributed by atoms with Gasteiger partial charge in [0.2, 0.25) is 5.91 Å². The van der Waals surface area contributed by atoms with Crippen molar-refractivity contribution in [3.8, 4) is 0 Å². The maximum Gasteiger partial charge on any atom is 0.333 e. The minimum Gasteiger partial charge on any atom is -0.325 e. The number of fused-ring (bicyclic) bond motifs is 2. The molecule has 0 fully saturated rings. The van der Waals surface area contributed by atoms with Crippen LogP contribution in [0.4, 0.5) is 5.69 Å². The Kier molecular flexibility index (Phi) is 6.25. The van der Waals surface area contributed by atoms with Gasteiger partial charge >= 0.3 is 5.69 Å². The summed E-state index contributed by atoms with van der Waals surface area (Å²) in [6, 6.07) is 22.9. The number of aromatic nitrogens is 4. The number of rotatable bonds is 7. The third kappa shape index (κ3) is 4.57. The van der Waals surface area contributed by atoms with Gasteiger partial charge in [-0.25, -0.2) is 14.3 Å². The molecule has 2 aromatic heterocycles. The van der Waals surface area contributed by atoms with E-state index >= 15 is 0 Å². The van der Waals surface area contributed by atoms with Crippen molar-refractivity contribution < 1.29 is 4.79 Å². The van der Waals surface area contributed by atoms with Crippen LogP contribution in [0.1, 0.15) is 19.4 Å². The molecule has 8 heteroatoms. The summed E-state index contributed by atoms with van der Waals surface area (Å²) >= 11 is 0. The van der Waals surface area contributed by atoms with Crippen molar-refractivity contribution in [2.45, 2.75) is 33.5 Å². The van der Waals surface area contributed by atoms with Crippen LogP contribution in [0, 0.1) is 5.92 Å². The van der Waals surface area contributed by atoms with Gasteiger partial charge in [0, 0.05) is 12.2 Å². The fourth-order valence-electron chi connectivity index (χ4n) is 4.43. The van der Waals surface area contributed by atoms with Gasteiger partial charge in [-0.1, -0.05) is 74.5 Å². The Morgan fingerprint density at radius 1 is 0.917 bits per heavy atom. The summed E-state index contributed by atoms with van der Waals surface area (Å²) in [5.74, 6) is -0.189. The zero-order chi connectivity index (χ0) is 25.2. The van der Waals surface area contributed by atoms with Crippen LogP contribution in [-0.4, -0.2) is 24.6 Å². The average Bonchev–Trinajstić information content (AvgIpc) is 3.28. The topological polar surface area (TPSA) is 90.9 Å². The van der Waals surface area contributed by atoms with E-state index in [0.29, 0.717) is 23.4 Å². The molecule has 1 N–H and O–H groups in total. The predicted molar refractivity (Wildman–Crippen MR) is 141 cm³/mol. The predicted octanol–water partition coefficient (Wildman–Crippen LogP) is 3.86. The summed E-state index contributed by atoms with van der Waals surface area (Å²) in [6.07, 6.45) is 1.59. The molecule has 36 heavy (non-hydrogen) atoms. The number of nitrogens with one attached hydrogen (secondary N) is 1. The molecule has 0 bridgehead atoms. The fraction of sp³-hybridized carbons (Fsp3) is 0.214. The first-order valence-electron chi connectivity index (χ1n) is 11.9. The molecule has 0 aliphatic carbocycles. The van der Waals surface area contributed by atoms with Crippen LogP contribution in [-0.2, 0) is 24.4 Å². The molecular formula is C28H27N5O3. The van der Waals surface area contributed by atoms with E-state index in [1.807, 2.05) is 80.6 Å². The van der Waals surface area contributed by atoms with Crippen molar-refractivity contribution in [1.82, 2.24) is 18.7 Å². The number of carbonyl (C=O) groups is 1. The van der Waals surface area contributed by atoms with Crippen molar-refractivity contribution in [2.24, 2.45) is 5.92 Å². The van der Waals surface area contributed by atoms with E-state index in [1.165, 1.54) is 4.57 Å². The Labute approximate surface area is 207 Å². The third-order valence-corrected chi connectivity index (χ3v) is 6.06. The third-order valence-electron chi connectivity index (χ3n) is 6.06. The smallest absolute Gasteiger partial charge is 0.325 e. The highest BCUT2D eigenvalue weighted by Gasteiger charge is 2.20. The Morgan fingerprint density at radius 2 is 1.64 bits per heavy atom. The minimum atomic E-state index is -0.570. The Morgan fingerprint density at radius 3 is 2.39 bits per heavy atom. The quantitative estimate of drug-likeness (QED) is 0.382. The lowest BCUT2D eigenvalue weighted by atomic mass is 10.1. The number of carbonyl (C=O) groups excluding carboxylic acids is 1. The molecule has 182 valence electrons. The molecule has 0 saturated carbocycles. The van der Waals surface area contributed by atoms with Crippen LogP contribution in [0.2, 0.25) is 0 Å². The first kappa shape index (κ1) is 23.3. The summed E-state index contributed by atoms with van der Waals surface area (Å²) in [5, 5.41) is 4.86. The van der Waals surface area contributed by atoms with Gasteiger partial charge in [-0.15, -0.1) is 0 Å². The van der Waals surface area contributed by atoms with Crippen LogP contribution in [0.25, 0.3) is 21.9 Å². The van der Waals surface area contributed by atoms with Gasteiger partial charge in [0.1, 0.15) is 6.54 Å². The van der Waals surface area contributed by atoms with Gasteiger partial charge in [0.05, 0.1) is 12.9 Å². The molecule has 8 nitrogen and oxygen atoms in total. The average molecular weight is 482 g/mol. The fourth-order valence-corrected chi connectivity index (χ4v) is 4.43. The highest BCUT2D eigenvalue weighted by molar-refractivity contribution is 5.94. The molecule has 2 heterocycles.